The number of aromatic nitrogens is 1. The van der Waals surface area contributed by atoms with Crippen LogP contribution in [0.2, 0.25) is 5.02 Å². The second-order valence-electron chi connectivity index (χ2n) is 3.87. The van der Waals surface area contributed by atoms with Crippen LogP contribution in [0.1, 0.15) is 5.76 Å². The van der Waals surface area contributed by atoms with Crippen molar-refractivity contribution in [3.05, 3.63) is 41.4 Å². The fourth-order valence-electron chi connectivity index (χ4n) is 1.52. The van der Waals surface area contributed by atoms with Gasteiger partial charge >= 0.3 is 0 Å². The number of nitrogen functional groups attached to an aromatic ring is 1. The predicted octanol–water partition coefficient (Wildman–Crippen LogP) is 1.13. The van der Waals surface area contributed by atoms with Gasteiger partial charge in [0.1, 0.15) is 10.7 Å². The van der Waals surface area contributed by atoms with Crippen LogP contribution in [0.5, 0.6) is 0 Å². The Labute approximate surface area is 121 Å². The second kappa shape index (κ2) is 6.23. The maximum absolute atomic E-state index is 12.0. The van der Waals surface area contributed by atoms with Crippen LogP contribution in [0.3, 0.4) is 0 Å². The zero-order valence-corrected chi connectivity index (χ0v) is 11.9. The van der Waals surface area contributed by atoms with E-state index >= 15 is 0 Å². The standard InChI is InChI=1S/C11H13ClN4O3S/c12-10-6-9(7-14-11(10)16-13)20(17,18)15-4-3-8-2-1-5-19-8/h1-2,5-7,15H,3-4,13H2,(H,14,16). The molecule has 0 aliphatic rings. The van der Waals surface area contributed by atoms with Crippen molar-refractivity contribution in [3.8, 4) is 0 Å². The first kappa shape index (κ1) is 14.8. The largest absolute Gasteiger partial charge is 0.469 e. The monoisotopic (exact) mass is 316 g/mol. The Morgan fingerprint density at radius 2 is 2.25 bits per heavy atom. The molecule has 0 atom stereocenters. The number of hydrazine groups is 1. The van der Waals surface area contributed by atoms with Gasteiger partial charge in [0.05, 0.1) is 11.3 Å². The number of sulfonamides is 1. The molecule has 2 aromatic rings. The quantitative estimate of drug-likeness (QED) is 0.544. The minimum absolute atomic E-state index is 0.0269. The van der Waals surface area contributed by atoms with Gasteiger partial charge in [-0.2, -0.15) is 0 Å². The first-order valence-corrected chi connectivity index (χ1v) is 7.53. The third-order valence-corrected chi connectivity index (χ3v) is 4.22. The van der Waals surface area contributed by atoms with Gasteiger partial charge in [0.2, 0.25) is 10.0 Å². The van der Waals surface area contributed by atoms with E-state index in [9.17, 15) is 8.42 Å². The summed E-state index contributed by atoms with van der Waals surface area (Å²) in [7, 11) is -3.67. The number of anilines is 1. The lowest BCUT2D eigenvalue weighted by Crippen LogP contribution is -2.26. The molecule has 0 bridgehead atoms. The van der Waals surface area contributed by atoms with Gasteiger partial charge in [-0.15, -0.1) is 0 Å². The number of nitrogens with one attached hydrogen (secondary N) is 2. The number of rotatable bonds is 6. The molecule has 0 unspecified atom stereocenters. The molecule has 9 heteroatoms. The van der Waals surface area contributed by atoms with E-state index in [1.807, 2.05) is 0 Å². The average Bonchev–Trinajstić information content (AvgIpc) is 2.91. The zero-order chi connectivity index (χ0) is 14.6. The van der Waals surface area contributed by atoms with E-state index in [0.717, 1.165) is 0 Å². The van der Waals surface area contributed by atoms with Crippen molar-refractivity contribution in [2.24, 2.45) is 5.84 Å². The van der Waals surface area contributed by atoms with E-state index in [1.165, 1.54) is 18.5 Å². The van der Waals surface area contributed by atoms with Crippen LogP contribution in [-0.4, -0.2) is 19.9 Å². The summed E-state index contributed by atoms with van der Waals surface area (Å²) in [6, 6.07) is 4.79. The maximum Gasteiger partial charge on any atom is 0.242 e. The highest BCUT2D eigenvalue weighted by molar-refractivity contribution is 7.89. The summed E-state index contributed by atoms with van der Waals surface area (Å²) < 4.78 is 31.6. The lowest BCUT2D eigenvalue weighted by atomic mass is 10.3. The molecular formula is C11H13ClN4O3S. The minimum atomic E-state index is -3.67. The van der Waals surface area contributed by atoms with Gasteiger partial charge in [-0.3, -0.25) is 0 Å². The van der Waals surface area contributed by atoms with Crippen LogP contribution >= 0.6 is 11.6 Å². The van der Waals surface area contributed by atoms with Gasteiger partial charge in [0, 0.05) is 19.2 Å². The number of halogens is 1. The van der Waals surface area contributed by atoms with Gasteiger partial charge in [-0.25, -0.2) is 24.0 Å². The molecular weight excluding hydrogens is 304 g/mol. The van der Waals surface area contributed by atoms with Gasteiger partial charge in [0.25, 0.3) is 0 Å². The first-order chi connectivity index (χ1) is 9.53. The highest BCUT2D eigenvalue weighted by atomic mass is 35.5. The molecule has 4 N–H and O–H groups in total. The van der Waals surface area contributed by atoms with Crippen molar-refractivity contribution in [1.82, 2.24) is 9.71 Å². The van der Waals surface area contributed by atoms with E-state index in [2.05, 4.69) is 15.1 Å². The Morgan fingerprint density at radius 1 is 1.45 bits per heavy atom. The molecule has 2 rings (SSSR count). The van der Waals surface area contributed by atoms with Crippen LogP contribution in [0, 0.1) is 0 Å². The number of hydrogen-bond acceptors (Lipinski definition) is 6. The molecule has 0 saturated heterocycles. The highest BCUT2D eigenvalue weighted by Gasteiger charge is 2.16. The third-order valence-electron chi connectivity index (χ3n) is 2.51. The van der Waals surface area contributed by atoms with E-state index in [1.54, 1.807) is 12.1 Å². The van der Waals surface area contributed by atoms with E-state index in [0.29, 0.717) is 12.2 Å². The van der Waals surface area contributed by atoms with Crippen LogP contribution in [0.15, 0.2) is 40.0 Å². The normalized spacial score (nSPS) is 11.5. The molecule has 0 saturated carbocycles. The smallest absolute Gasteiger partial charge is 0.242 e. The molecule has 20 heavy (non-hydrogen) atoms. The molecule has 0 aliphatic carbocycles. The lowest BCUT2D eigenvalue weighted by Gasteiger charge is -2.07. The van der Waals surface area contributed by atoms with Crippen LogP contribution in [0.4, 0.5) is 5.82 Å². The Hall–Kier alpha value is -1.61. The van der Waals surface area contributed by atoms with Gasteiger partial charge in [0.15, 0.2) is 5.82 Å². The molecule has 0 spiro atoms. The minimum Gasteiger partial charge on any atom is -0.469 e. The molecule has 0 aromatic carbocycles. The summed E-state index contributed by atoms with van der Waals surface area (Å²) in [5.74, 6) is 6.08. The topological polar surface area (TPSA) is 110 Å². The number of furan rings is 1. The van der Waals surface area contributed by atoms with Crippen molar-refractivity contribution in [2.75, 3.05) is 12.0 Å². The molecule has 0 fully saturated rings. The average molecular weight is 317 g/mol. The first-order valence-electron chi connectivity index (χ1n) is 5.67. The van der Waals surface area contributed by atoms with Crippen molar-refractivity contribution < 1.29 is 12.8 Å². The van der Waals surface area contributed by atoms with E-state index in [4.69, 9.17) is 21.9 Å². The Morgan fingerprint density at radius 3 is 2.85 bits per heavy atom. The molecule has 2 aromatic heterocycles. The van der Waals surface area contributed by atoms with Crippen molar-refractivity contribution in [2.45, 2.75) is 11.3 Å². The van der Waals surface area contributed by atoms with E-state index < -0.39 is 10.0 Å². The van der Waals surface area contributed by atoms with Crippen LogP contribution < -0.4 is 16.0 Å². The zero-order valence-electron chi connectivity index (χ0n) is 10.3. The van der Waals surface area contributed by atoms with E-state index in [-0.39, 0.29) is 22.3 Å². The van der Waals surface area contributed by atoms with Crippen LogP contribution in [0.25, 0.3) is 0 Å². The molecule has 0 radical (unpaired) electrons. The summed E-state index contributed by atoms with van der Waals surface area (Å²) in [4.78, 5) is 3.79. The fourth-order valence-corrected chi connectivity index (χ4v) is 2.81. The van der Waals surface area contributed by atoms with Gasteiger partial charge < -0.3 is 9.84 Å². The van der Waals surface area contributed by atoms with Crippen molar-refractivity contribution in [3.63, 3.8) is 0 Å². The SMILES string of the molecule is NNc1ncc(S(=O)(=O)NCCc2ccco2)cc1Cl. The maximum atomic E-state index is 12.0. The summed E-state index contributed by atoms with van der Waals surface area (Å²) in [6.07, 6.45) is 3.16. The Balaban J connectivity index is 2.04. The molecule has 7 nitrogen and oxygen atoms in total. The summed E-state index contributed by atoms with van der Waals surface area (Å²) in [5, 5.41) is 0.126. The number of pyridine rings is 1. The van der Waals surface area contributed by atoms with Crippen molar-refractivity contribution >= 4 is 27.4 Å². The second-order valence-corrected chi connectivity index (χ2v) is 6.05. The summed E-state index contributed by atoms with van der Waals surface area (Å²) >= 11 is 5.84. The molecule has 0 amide bonds. The molecule has 108 valence electrons. The number of nitrogens with two attached hydrogens (primary N) is 1. The third kappa shape index (κ3) is 3.48. The highest BCUT2D eigenvalue weighted by Crippen LogP contribution is 2.21. The summed E-state index contributed by atoms with van der Waals surface area (Å²) in [6.45, 7) is 0.213. The molecule has 2 heterocycles. The van der Waals surface area contributed by atoms with Crippen LogP contribution in [-0.2, 0) is 16.4 Å². The lowest BCUT2D eigenvalue weighted by molar-refractivity contribution is 0.506. The molecule has 0 aliphatic heterocycles. The predicted molar refractivity (Wildman–Crippen MR) is 74.7 cm³/mol. The van der Waals surface area contributed by atoms with Gasteiger partial charge in [-0.1, -0.05) is 11.6 Å². The number of nitrogens with zero attached hydrogens (tertiary/aromatic N) is 1. The Bertz CT molecular complexity index is 673. The Kier molecular flexibility index (Phi) is 4.61. The van der Waals surface area contributed by atoms with Crippen molar-refractivity contribution in [1.29, 1.82) is 0 Å². The summed E-state index contributed by atoms with van der Waals surface area (Å²) in [5.41, 5.74) is 2.26. The fraction of sp³-hybridized carbons (Fsp3) is 0.182. The number of hydrogen-bond donors (Lipinski definition) is 3. The van der Waals surface area contributed by atoms with Gasteiger partial charge in [-0.05, 0) is 18.2 Å².